The molecule has 1 aliphatic heterocycles. The summed E-state index contributed by atoms with van der Waals surface area (Å²) < 4.78 is 0. The maximum Gasteiger partial charge on any atom is 0.130 e. The molecular weight excluding hydrogens is 259 g/mol. The van der Waals surface area contributed by atoms with Crippen LogP contribution in [0.5, 0.6) is 0 Å². The number of nitrogens with zero attached hydrogens (tertiary/aromatic N) is 3. The first-order valence-corrected chi connectivity index (χ1v) is 6.10. The van der Waals surface area contributed by atoms with E-state index in [4.69, 9.17) is 28.5 Å². The van der Waals surface area contributed by atoms with Crippen LogP contribution < -0.4 is 5.32 Å². The fourth-order valence-electron chi connectivity index (χ4n) is 1.83. The average Bonchev–Trinajstić information content (AvgIpc) is 2.33. The van der Waals surface area contributed by atoms with E-state index in [0.717, 1.165) is 18.7 Å². The molecule has 1 aromatic heterocycles. The van der Waals surface area contributed by atoms with E-state index in [0.29, 0.717) is 23.3 Å². The first-order valence-electron chi connectivity index (χ1n) is 5.35. The molecule has 0 aliphatic carbocycles. The van der Waals surface area contributed by atoms with Crippen LogP contribution in [0.2, 0.25) is 10.2 Å². The molecule has 17 heavy (non-hydrogen) atoms. The highest BCUT2D eigenvalue weighted by Gasteiger charge is 2.22. The first kappa shape index (κ1) is 12.6. The molecule has 4 nitrogen and oxygen atoms in total. The predicted molar refractivity (Wildman–Crippen MR) is 66.9 cm³/mol. The molecule has 1 fully saturated rings. The van der Waals surface area contributed by atoms with Crippen molar-refractivity contribution in [3.63, 3.8) is 0 Å². The Hall–Kier alpha value is -0.860. The second-order valence-electron chi connectivity index (χ2n) is 3.92. The normalized spacial score (nSPS) is 21.1. The Balaban J connectivity index is 2.11. The molecule has 1 atom stereocenters. The highest BCUT2D eigenvalue weighted by Crippen LogP contribution is 2.21. The van der Waals surface area contributed by atoms with Crippen LogP contribution in [0.3, 0.4) is 0 Å². The smallest absolute Gasteiger partial charge is 0.130 e. The third-order valence-electron chi connectivity index (χ3n) is 2.77. The van der Waals surface area contributed by atoms with Crippen molar-refractivity contribution in [3.8, 4) is 6.07 Å². The number of nitrogens with one attached hydrogen (secondary N) is 1. The van der Waals surface area contributed by atoms with Crippen molar-refractivity contribution in [2.45, 2.75) is 12.6 Å². The monoisotopic (exact) mass is 270 g/mol. The quantitative estimate of drug-likeness (QED) is 0.831. The van der Waals surface area contributed by atoms with Gasteiger partial charge in [0.15, 0.2) is 0 Å². The van der Waals surface area contributed by atoms with Gasteiger partial charge in [0.25, 0.3) is 0 Å². The Morgan fingerprint density at radius 1 is 1.59 bits per heavy atom. The van der Waals surface area contributed by atoms with Gasteiger partial charge < -0.3 is 5.32 Å². The molecule has 1 unspecified atom stereocenters. The summed E-state index contributed by atoms with van der Waals surface area (Å²) in [7, 11) is 0. The zero-order valence-electron chi connectivity index (χ0n) is 9.16. The fraction of sp³-hybridized carbons (Fsp3) is 0.455. The number of hydrogen-bond acceptors (Lipinski definition) is 4. The van der Waals surface area contributed by atoms with Crippen molar-refractivity contribution in [2.24, 2.45) is 0 Å². The number of piperazine rings is 1. The number of rotatable bonds is 2. The van der Waals surface area contributed by atoms with E-state index in [2.05, 4.69) is 21.3 Å². The number of aromatic nitrogens is 1. The van der Waals surface area contributed by atoms with Crippen molar-refractivity contribution >= 4 is 23.2 Å². The van der Waals surface area contributed by atoms with Crippen LogP contribution in [0.1, 0.15) is 5.56 Å². The van der Waals surface area contributed by atoms with E-state index in [1.807, 2.05) is 0 Å². The predicted octanol–water partition coefficient (Wildman–Crippen LogP) is 1.69. The number of hydrogen-bond donors (Lipinski definition) is 1. The van der Waals surface area contributed by atoms with Gasteiger partial charge in [-0.15, -0.1) is 0 Å². The summed E-state index contributed by atoms with van der Waals surface area (Å²) in [5, 5.41) is 13.2. The molecule has 1 saturated heterocycles. The van der Waals surface area contributed by atoms with Crippen LogP contribution in [0.25, 0.3) is 0 Å². The fourth-order valence-corrected chi connectivity index (χ4v) is 2.26. The lowest BCUT2D eigenvalue weighted by atomic mass is 10.1. The summed E-state index contributed by atoms with van der Waals surface area (Å²) in [6, 6.07) is 3.79. The standard InChI is InChI=1S/C11H12Cl2N4/c12-10-3-11(13)16-5-8(10)7-17-2-1-15-6-9(17)4-14/h3,5,9,15H,1-2,6-7H2. The van der Waals surface area contributed by atoms with Gasteiger partial charge in [-0.2, -0.15) is 5.26 Å². The SMILES string of the molecule is N#CC1CNCCN1Cc1cnc(Cl)cc1Cl. The van der Waals surface area contributed by atoms with Crippen molar-refractivity contribution in [2.75, 3.05) is 19.6 Å². The van der Waals surface area contributed by atoms with Crippen LogP contribution in [-0.2, 0) is 6.54 Å². The molecule has 0 bridgehead atoms. The van der Waals surface area contributed by atoms with Gasteiger partial charge in [0, 0.05) is 43.0 Å². The van der Waals surface area contributed by atoms with Gasteiger partial charge in [0.05, 0.1) is 6.07 Å². The molecular formula is C11H12Cl2N4. The number of pyridine rings is 1. The van der Waals surface area contributed by atoms with Gasteiger partial charge >= 0.3 is 0 Å². The van der Waals surface area contributed by atoms with E-state index in [9.17, 15) is 0 Å². The minimum absolute atomic E-state index is 0.115. The van der Waals surface area contributed by atoms with Crippen LogP contribution in [-0.4, -0.2) is 35.6 Å². The third-order valence-corrected chi connectivity index (χ3v) is 3.33. The van der Waals surface area contributed by atoms with Crippen LogP contribution in [0.4, 0.5) is 0 Å². The summed E-state index contributed by atoms with van der Waals surface area (Å²) in [6.07, 6.45) is 1.67. The maximum atomic E-state index is 9.05. The summed E-state index contributed by atoms with van der Waals surface area (Å²) in [4.78, 5) is 6.10. The third kappa shape index (κ3) is 3.08. The molecule has 0 amide bonds. The van der Waals surface area contributed by atoms with Crippen molar-refractivity contribution in [1.29, 1.82) is 5.26 Å². The molecule has 90 valence electrons. The van der Waals surface area contributed by atoms with E-state index in [-0.39, 0.29) is 6.04 Å². The highest BCUT2D eigenvalue weighted by molar-refractivity contribution is 6.34. The molecule has 2 heterocycles. The number of nitriles is 1. The molecule has 0 radical (unpaired) electrons. The van der Waals surface area contributed by atoms with E-state index in [1.165, 1.54) is 0 Å². The lowest BCUT2D eigenvalue weighted by Crippen LogP contribution is -2.50. The Morgan fingerprint density at radius 3 is 3.12 bits per heavy atom. The maximum absolute atomic E-state index is 9.05. The van der Waals surface area contributed by atoms with Gasteiger partial charge in [0.2, 0.25) is 0 Å². The molecule has 1 aromatic rings. The summed E-state index contributed by atoms with van der Waals surface area (Å²) in [5.74, 6) is 0. The summed E-state index contributed by atoms with van der Waals surface area (Å²) in [6.45, 7) is 3.03. The van der Waals surface area contributed by atoms with Gasteiger partial charge in [-0.25, -0.2) is 4.98 Å². The molecule has 0 saturated carbocycles. The van der Waals surface area contributed by atoms with E-state index in [1.54, 1.807) is 12.3 Å². The van der Waals surface area contributed by atoms with E-state index < -0.39 is 0 Å². The minimum atomic E-state index is -0.115. The van der Waals surface area contributed by atoms with Crippen molar-refractivity contribution in [1.82, 2.24) is 15.2 Å². The zero-order chi connectivity index (χ0) is 12.3. The molecule has 0 aromatic carbocycles. The highest BCUT2D eigenvalue weighted by atomic mass is 35.5. The van der Waals surface area contributed by atoms with Crippen molar-refractivity contribution in [3.05, 3.63) is 28.0 Å². The second-order valence-corrected chi connectivity index (χ2v) is 4.71. The molecule has 1 aliphatic rings. The summed E-state index contributed by atoms with van der Waals surface area (Å²) in [5.41, 5.74) is 0.901. The number of halogens is 2. The van der Waals surface area contributed by atoms with Gasteiger partial charge in [-0.3, -0.25) is 4.90 Å². The second kappa shape index (κ2) is 5.65. The average molecular weight is 271 g/mol. The topological polar surface area (TPSA) is 52.0 Å². The largest absolute Gasteiger partial charge is 0.313 e. The first-order chi connectivity index (χ1) is 8.20. The van der Waals surface area contributed by atoms with Crippen LogP contribution >= 0.6 is 23.2 Å². The molecule has 2 rings (SSSR count). The van der Waals surface area contributed by atoms with Crippen LogP contribution in [0.15, 0.2) is 12.3 Å². The molecule has 6 heteroatoms. The minimum Gasteiger partial charge on any atom is -0.313 e. The van der Waals surface area contributed by atoms with Crippen molar-refractivity contribution < 1.29 is 0 Å². The Bertz CT molecular complexity index is 444. The van der Waals surface area contributed by atoms with Gasteiger partial charge in [0.1, 0.15) is 11.2 Å². The Labute approximate surface area is 110 Å². The Morgan fingerprint density at radius 2 is 2.41 bits per heavy atom. The molecule has 1 N–H and O–H groups in total. The lowest BCUT2D eigenvalue weighted by molar-refractivity contribution is 0.189. The van der Waals surface area contributed by atoms with Crippen LogP contribution in [0, 0.1) is 11.3 Å². The summed E-state index contributed by atoms with van der Waals surface area (Å²) >= 11 is 11.8. The van der Waals surface area contributed by atoms with E-state index >= 15 is 0 Å². The van der Waals surface area contributed by atoms with Gasteiger partial charge in [-0.1, -0.05) is 23.2 Å². The molecule has 0 spiro atoms. The van der Waals surface area contributed by atoms with Gasteiger partial charge in [-0.05, 0) is 6.07 Å². The lowest BCUT2D eigenvalue weighted by Gasteiger charge is -2.31. The zero-order valence-corrected chi connectivity index (χ0v) is 10.7. The Kier molecular flexibility index (Phi) is 4.19.